The predicted molar refractivity (Wildman–Crippen MR) is 66.8 cm³/mol. The average Bonchev–Trinajstić information content (AvgIpc) is 2.16. The number of allylic oxidation sites excluding steroid dienone is 1. The van der Waals surface area contributed by atoms with Crippen molar-refractivity contribution in [3.8, 4) is 0 Å². The Hall–Kier alpha value is -0.590. The second-order valence-electron chi connectivity index (χ2n) is 5.10. The van der Waals surface area contributed by atoms with E-state index < -0.39 is 0 Å². The topological polar surface area (TPSA) is 17.1 Å². The van der Waals surface area contributed by atoms with Crippen LogP contribution in [0, 0.1) is 17.8 Å². The highest BCUT2D eigenvalue weighted by Crippen LogP contribution is 2.19. The Morgan fingerprint density at radius 2 is 1.80 bits per heavy atom. The number of carbonyl (C=O) groups excluding carboxylic acids is 1. The number of unbranched alkanes of at least 4 members (excludes halogenated alkanes) is 1. The summed E-state index contributed by atoms with van der Waals surface area (Å²) in [7, 11) is 0. The van der Waals surface area contributed by atoms with E-state index in [1.54, 1.807) is 0 Å². The van der Waals surface area contributed by atoms with Crippen molar-refractivity contribution in [2.75, 3.05) is 0 Å². The lowest BCUT2D eigenvalue weighted by Crippen LogP contribution is -2.09. The molecular weight excluding hydrogens is 184 g/mol. The summed E-state index contributed by atoms with van der Waals surface area (Å²) in [5.74, 6) is 1.32. The molecule has 1 atom stereocenters. The molecule has 15 heavy (non-hydrogen) atoms. The molecule has 1 heteroatoms. The molecule has 0 aliphatic carbocycles. The third-order valence-corrected chi connectivity index (χ3v) is 3.13. The minimum absolute atomic E-state index is 0.248. The first-order chi connectivity index (χ1) is 6.99. The Morgan fingerprint density at radius 1 is 1.20 bits per heavy atom. The minimum Gasteiger partial charge on any atom is -0.303 e. The second-order valence-corrected chi connectivity index (χ2v) is 5.10. The van der Waals surface area contributed by atoms with Gasteiger partial charge in [0.1, 0.15) is 6.29 Å². The fourth-order valence-electron chi connectivity index (χ4n) is 1.58. The molecule has 1 unspecified atom stereocenters. The first-order valence-electron chi connectivity index (χ1n) is 6.12. The van der Waals surface area contributed by atoms with Gasteiger partial charge in [-0.25, -0.2) is 0 Å². The Balaban J connectivity index is 3.61. The van der Waals surface area contributed by atoms with Crippen LogP contribution >= 0.6 is 0 Å². The summed E-state index contributed by atoms with van der Waals surface area (Å²) in [6.07, 6.45) is 5.58. The van der Waals surface area contributed by atoms with Crippen LogP contribution in [0.25, 0.3) is 0 Å². The second kappa shape index (κ2) is 7.67. The summed E-state index contributed by atoms with van der Waals surface area (Å²) >= 11 is 0. The van der Waals surface area contributed by atoms with Crippen molar-refractivity contribution in [1.29, 1.82) is 0 Å². The Morgan fingerprint density at radius 3 is 2.20 bits per heavy atom. The van der Waals surface area contributed by atoms with Crippen molar-refractivity contribution >= 4 is 6.29 Å². The monoisotopic (exact) mass is 210 g/mol. The molecule has 0 bridgehead atoms. The average molecular weight is 210 g/mol. The molecule has 0 saturated carbocycles. The zero-order valence-electron chi connectivity index (χ0n) is 10.8. The van der Waals surface area contributed by atoms with Gasteiger partial charge in [-0.2, -0.15) is 0 Å². The van der Waals surface area contributed by atoms with Crippen LogP contribution in [-0.4, -0.2) is 6.29 Å². The van der Waals surface area contributed by atoms with Gasteiger partial charge in [0.2, 0.25) is 0 Å². The largest absolute Gasteiger partial charge is 0.303 e. The molecule has 1 nitrogen and oxygen atoms in total. The van der Waals surface area contributed by atoms with Gasteiger partial charge in [-0.05, 0) is 31.1 Å². The molecule has 0 rings (SSSR count). The Labute approximate surface area is 95.0 Å². The number of carbonyl (C=O) groups is 1. The van der Waals surface area contributed by atoms with Gasteiger partial charge in [-0.1, -0.05) is 46.3 Å². The van der Waals surface area contributed by atoms with E-state index in [-0.39, 0.29) is 5.92 Å². The normalized spacial score (nSPS) is 13.2. The van der Waals surface area contributed by atoms with Gasteiger partial charge in [0.25, 0.3) is 0 Å². The van der Waals surface area contributed by atoms with Crippen molar-refractivity contribution < 1.29 is 4.79 Å². The fourth-order valence-corrected chi connectivity index (χ4v) is 1.58. The minimum atomic E-state index is 0.248. The zero-order valence-corrected chi connectivity index (χ0v) is 10.8. The van der Waals surface area contributed by atoms with E-state index in [0.717, 1.165) is 25.5 Å². The SMILES string of the molecule is C=C(CCCCC(C=O)C(C)C)C(C)C. The van der Waals surface area contributed by atoms with E-state index in [9.17, 15) is 4.79 Å². The molecule has 0 radical (unpaired) electrons. The smallest absolute Gasteiger partial charge is 0.123 e. The van der Waals surface area contributed by atoms with Crippen LogP contribution in [-0.2, 0) is 4.79 Å². The van der Waals surface area contributed by atoms with Crippen LogP contribution in [0.3, 0.4) is 0 Å². The standard InChI is InChI=1S/C14H26O/c1-11(2)13(5)8-6-7-9-14(10-15)12(3)4/h10-12,14H,5-9H2,1-4H3. The molecule has 0 aliphatic rings. The molecule has 0 aromatic rings. The van der Waals surface area contributed by atoms with Gasteiger partial charge < -0.3 is 4.79 Å². The number of hydrogen-bond donors (Lipinski definition) is 0. The first-order valence-corrected chi connectivity index (χ1v) is 6.12. The quantitative estimate of drug-likeness (QED) is 0.333. The molecule has 0 aromatic carbocycles. The zero-order chi connectivity index (χ0) is 11.8. The molecule has 0 aromatic heterocycles. The van der Waals surface area contributed by atoms with Crippen molar-refractivity contribution in [3.05, 3.63) is 12.2 Å². The van der Waals surface area contributed by atoms with Gasteiger partial charge in [-0.3, -0.25) is 0 Å². The molecular formula is C14H26O. The third-order valence-electron chi connectivity index (χ3n) is 3.13. The third kappa shape index (κ3) is 6.48. The first kappa shape index (κ1) is 14.4. The van der Waals surface area contributed by atoms with Gasteiger partial charge in [0.15, 0.2) is 0 Å². The summed E-state index contributed by atoms with van der Waals surface area (Å²) in [6, 6.07) is 0. The lowest BCUT2D eigenvalue weighted by Gasteiger charge is -2.14. The molecule has 0 aliphatic heterocycles. The van der Waals surface area contributed by atoms with Gasteiger partial charge >= 0.3 is 0 Å². The maximum absolute atomic E-state index is 10.8. The van der Waals surface area contributed by atoms with Crippen molar-refractivity contribution in [2.24, 2.45) is 17.8 Å². The van der Waals surface area contributed by atoms with Crippen LogP contribution in [0.5, 0.6) is 0 Å². The van der Waals surface area contributed by atoms with Crippen LogP contribution < -0.4 is 0 Å². The van der Waals surface area contributed by atoms with Gasteiger partial charge in [0, 0.05) is 5.92 Å². The maximum Gasteiger partial charge on any atom is 0.123 e. The van der Waals surface area contributed by atoms with Crippen LogP contribution in [0.4, 0.5) is 0 Å². The molecule has 0 saturated heterocycles. The summed E-state index contributed by atoms with van der Waals surface area (Å²) in [4.78, 5) is 10.8. The summed E-state index contributed by atoms with van der Waals surface area (Å²) in [5, 5.41) is 0. The van der Waals surface area contributed by atoms with Crippen molar-refractivity contribution in [1.82, 2.24) is 0 Å². The van der Waals surface area contributed by atoms with Crippen LogP contribution in [0.2, 0.25) is 0 Å². The van der Waals surface area contributed by atoms with Gasteiger partial charge in [0.05, 0.1) is 0 Å². The summed E-state index contributed by atoms with van der Waals surface area (Å²) < 4.78 is 0. The molecule has 0 spiro atoms. The van der Waals surface area contributed by atoms with Crippen molar-refractivity contribution in [2.45, 2.75) is 53.4 Å². The molecule has 0 fully saturated rings. The molecule has 88 valence electrons. The molecule has 0 heterocycles. The highest BCUT2D eigenvalue weighted by atomic mass is 16.1. The highest BCUT2D eigenvalue weighted by Gasteiger charge is 2.11. The lowest BCUT2D eigenvalue weighted by molar-refractivity contribution is -0.112. The summed E-state index contributed by atoms with van der Waals surface area (Å²) in [5.41, 5.74) is 1.34. The number of rotatable bonds is 8. The van der Waals surface area contributed by atoms with Crippen molar-refractivity contribution in [3.63, 3.8) is 0 Å². The summed E-state index contributed by atoms with van der Waals surface area (Å²) in [6.45, 7) is 12.7. The van der Waals surface area contributed by atoms with E-state index in [4.69, 9.17) is 0 Å². The van der Waals surface area contributed by atoms with Gasteiger partial charge in [-0.15, -0.1) is 0 Å². The number of hydrogen-bond acceptors (Lipinski definition) is 1. The Bertz CT molecular complexity index is 192. The predicted octanol–water partition coefficient (Wildman–Crippen LogP) is 4.23. The lowest BCUT2D eigenvalue weighted by atomic mass is 9.90. The van der Waals surface area contributed by atoms with E-state index >= 15 is 0 Å². The van der Waals surface area contributed by atoms with Crippen LogP contribution in [0.1, 0.15) is 53.4 Å². The highest BCUT2D eigenvalue weighted by molar-refractivity contribution is 5.53. The van der Waals surface area contributed by atoms with E-state index in [2.05, 4.69) is 34.3 Å². The Kier molecular flexibility index (Phi) is 7.37. The molecule has 0 amide bonds. The van der Waals surface area contributed by atoms with E-state index in [0.29, 0.717) is 11.8 Å². The van der Waals surface area contributed by atoms with E-state index in [1.807, 2.05) is 0 Å². The molecule has 0 N–H and O–H groups in total. The number of aldehydes is 1. The fraction of sp³-hybridized carbons (Fsp3) is 0.786. The van der Waals surface area contributed by atoms with Crippen LogP contribution in [0.15, 0.2) is 12.2 Å². The maximum atomic E-state index is 10.8. The van der Waals surface area contributed by atoms with E-state index in [1.165, 1.54) is 12.0 Å².